The topological polar surface area (TPSA) is 25.2 Å². The van der Waals surface area contributed by atoms with Gasteiger partial charge in [-0.3, -0.25) is 9.36 Å². The number of benzene rings is 1. The van der Waals surface area contributed by atoms with Gasteiger partial charge in [0.15, 0.2) is 0 Å². The van der Waals surface area contributed by atoms with Crippen LogP contribution in [0.1, 0.15) is 49.0 Å². The van der Waals surface area contributed by atoms with Crippen LogP contribution in [0.25, 0.3) is 10.9 Å². The van der Waals surface area contributed by atoms with Gasteiger partial charge in [0, 0.05) is 36.0 Å². The van der Waals surface area contributed by atoms with Crippen molar-refractivity contribution < 1.29 is 4.79 Å². The summed E-state index contributed by atoms with van der Waals surface area (Å²) in [4.78, 5) is 15.0. The molecule has 3 heterocycles. The van der Waals surface area contributed by atoms with E-state index in [1.807, 2.05) is 11.5 Å². The smallest absolute Gasteiger partial charge is 0.230 e. The van der Waals surface area contributed by atoms with Gasteiger partial charge in [0.2, 0.25) is 5.91 Å². The van der Waals surface area contributed by atoms with E-state index in [1.165, 1.54) is 35.9 Å². The predicted molar refractivity (Wildman–Crippen MR) is 96.5 cm³/mol. The third kappa shape index (κ3) is 1.64. The second-order valence-corrected chi connectivity index (χ2v) is 8.43. The van der Waals surface area contributed by atoms with Crippen molar-refractivity contribution in [3.05, 3.63) is 35.5 Å². The summed E-state index contributed by atoms with van der Waals surface area (Å²) in [6.45, 7) is 5.58. The van der Waals surface area contributed by atoms with Crippen molar-refractivity contribution in [3.8, 4) is 0 Å². The first kappa shape index (κ1) is 14.7. The maximum absolute atomic E-state index is 12.4. The van der Waals surface area contributed by atoms with Crippen LogP contribution in [0.5, 0.6) is 0 Å². The minimum Gasteiger partial charge on any atom is -0.302 e. The van der Waals surface area contributed by atoms with Gasteiger partial charge in [0.05, 0.1) is 5.52 Å². The van der Waals surface area contributed by atoms with Crippen LogP contribution in [0.4, 0.5) is 0 Å². The van der Waals surface area contributed by atoms with Gasteiger partial charge in [0.1, 0.15) is 0 Å². The fourth-order valence-electron chi connectivity index (χ4n) is 5.98. The Balaban J connectivity index is 1.74. The number of nitrogens with zero attached hydrogens (tertiary/aromatic N) is 2. The summed E-state index contributed by atoms with van der Waals surface area (Å²) in [5.74, 6) is 1.87. The second kappa shape index (κ2) is 4.72. The highest BCUT2D eigenvalue weighted by Crippen LogP contribution is 2.60. The highest BCUT2D eigenvalue weighted by Gasteiger charge is 2.57. The van der Waals surface area contributed by atoms with Crippen molar-refractivity contribution in [2.45, 2.75) is 51.0 Å². The van der Waals surface area contributed by atoms with E-state index < -0.39 is 0 Å². The molecule has 2 saturated heterocycles. The number of aromatic nitrogens is 1. The number of likely N-dealkylation sites (N-methyl/N-ethyl adjacent to an activating group) is 1. The summed E-state index contributed by atoms with van der Waals surface area (Å²) in [7, 11) is 2.31. The van der Waals surface area contributed by atoms with E-state index >= 15 is 0 Å². The van der Waals surface area contributed by atoms with Gasteiger partial charge in [-0.05, 0) is 55.3 Å². The molecule has 1 spiro atoms. The van der Waals surface area contributed by atoms with E-state index in [-0.39, 0.29) is 5.91 Å². The summed E-state index contributed by atoms with van der Waals surface area (Å²) >= 11 is 0. The molecule has 6 rings (SSSR count). The molecule has 4 aliphatic rings. The molecule has 2 bridgehead atoms. The van der Waals surface area contributed by atoms with Crippen LogP contribution in [0, 0.1) is 11.8 Å². The molecule has 0 radical (unpaired) electrons. The lowest BCUT2D eigenvalue weighted by Gasteiger charge is -2.55. The number of carbonyl (C=O) groups excluding carboxylic acids is 1. The average Bonchev–Trinajstić information content (AvgIpc) is 2.82. The third-order valence-corrected chi connectivity index (χ3v) is 7.23. The lowest BCUT2D eigenvalue weighted by Crippen LogP contribution is -2.55. The summed E-state index contributed by atoms with van der Waals surface area (Å²) in [5, 5.41) is 1.39. The molecule has 1 aromatic carbocycles. The Labute approximate surface area is 143 Å². The van der Waals surface area contributed by atoms with Gasteiger partial charge >= 0.3 is 0 Å². The number of carbonyl (C=O) groups is 1. The highest BCUT2D eigenvalue weighted by molar-refractivity contribution is 5.97. The molecule has 126 valence electrons. The van der Waals surface area contributed by atoms with Crippen molar-refractivity contribution in [1.29, 1.82) is 0 Å². The molecule has 2 aromatic rings. The highest BCUT2D eigenvalue weighted by atomic mass is 16.1. The van der Waals surface area contributed by atoms with Crippen molar-refractivity contribution >= 4 is 16.8 Å². The number of hydrogen-bond donors (Lipinski definition) is 0. The summed E-state index contributed by atoms with van der Waals surface area (Å²) in [6.07, 6.45) is 6.43. The van der Waals surface area contributed by atoms with Gasteiger partial charge in [-0.15, -0.1) is 0 Å². The Morgan fingerprint density at radius 3 is 2.88 bits per heavy atom. The first-order chi connectivity index (χ1) is 11.5. The fraction of sp³-hybridized carbons (Fsp3) is 0.571. The molecule has 3 heteroatoms. The molecule has 2 atom stereocenters. The van der Waals surface area contributed by atoms with Crippen LogP contribution in [0.2, 0.25) is 0 Å². The zero-order valence-electron chi connectivity index (χ0n) is 14.9. The minimum absolute atomic E-state index is 0.205. The molecular formula is C21H26N2O. The number of rotatable bonds is 1. The summed E-state index contributed by atoms with van der Waals surface area (Å²) in [6, 6.07) is 7.23. The van der Waals surface area contributed by atoms with Crippen LogP contribution in [-0.4, -0.2) is 35.0 Å². The maximum atomic E-state index is 12.4. The monoisotopic (exact) mass is 322 g/mol. The molecule has 1 unspecified atom stereocenters. The minimum atomic E-state index is 0.205. The van der Waals surface area contributed by atoms with Crippen molar-refractivity contribution in [3.63, 3.8) is 0 Å². The van der Waals surface area contributed by atoms with Crippen LogP contribution < -0.4 is 0 Å². The number of hydrogen-bond acceptors (Lipinski definition) is 2. The van der Waals surface area contributed by atoms with Crippen LogP contribution in [0.3, 0.4) is 0 Å². The Kier molecular flexibility index (Phi) is 2.90. The fourth-order valence-corrected chi connectivity index (χ4v) is 5.98. The van der Waals surface area contributed by atoms with E-state index in [1.54, 1.807) is 0 Å². The number of fused-ring (bicyclic) bond motifs is 2. The first-order valence-corrected chi connectivity index (χ1v) is 9.42. The predicted octanol–water partition coefficient (Wildman–Crippen LogP) is 3.85. The SMILES string of the molecule is CCC(=O)n1cc2c3c(cccc31)C13CC(C1)C(C)CN(C)[C@@H]3C2. The van der Waals surface area contributed by atoms with E-state index in [0.29, 0.717) is 17.9 Å². The van der Waals surface area contributed by atoms with Crippen molar-refractivity contribution in [1.82, 2.24) is 9.47 Å². The van der Waals surface area contributed by atoms with Crippen molar-refractivity contribution in [2.75, 3.05) is 13.6 Å². The lowest BCUT2D eigenvalue weighted by molar-refractivity contribution is 0.0709. The average molecular weight is 322 g/mol. The van der Waals surface area contributed by atoms with Crippen LogP contribution >= 0.6 is 0 Å². The quantitative estimate of drug-likeness (QED) is 0.797. The van der Waals surface area contributed by atoms with Gasteiger partial charge in [-0.1, -0.05) is 26.0 Å². The Morgan fingerprint density at radius 2 is 2.12 bits per heavy atom. The van der Waals surface area contributed by atoms with E-state index in [0.717, 1.165) is 23.8 Å². The van der Waals surface area contributed by atoms with Gasteiger partial charge in [0.25, 0.3) is 0 Å². The van der Waals surface area contributed by atoms with Crippen molar-refractivity contribution in [2.24, 2.45) is 11.8 Å². The van der Waals surface area contributed by atoms with E-state index in [9.17, 15) is 4.79 Å². The third-order valence-electron chi connectivity index (χ3n) is 7.23. The van der Waals surface area contributed by atoms with E-state index in [4.69, 9.17) is 0 Å². The largest absolute Gasteiger partial charge is 0.302 e. The van der Waals surface area contributed by atoms with Crippen LogP contribution in [0.15, 0.2) is 24.4 Å². The van der Waals surface area contributed by atoms with Gasteiger partial charge in [-0.2, -0.15) is 0 Å². The lowest BCUT2D eigenvalue weighted by atomic mass is 9.51. The summed E-state index contributed by atoms with van der Waals surface area (Å²) in [5.41, 5.74) is 4.34. The zero-order valence-corrected chi connectivity index (χ0v) is 14.9. The molecule has 1 aromatic heterocycles. The standard InChI is InChI=1S/C21H26N2O/c1-4-19(24)23-12-14-8-18-21(16-6-5-7-17(23)20(14)16)9-15(10-21)13(2)11-22(18)3/h5-7,12-13,15,18H,4,8-11H2,1-3H3/t13?,15?,18-,21?/m1/s1. The molecule has 1 saturated carbocycles. The second-order valence-electron chi connectivity index (χ2n) is 8.43. The maximum Gasteiger partial charge on any atom is 0.230 e. The molecule has 2 aliphatic heterocycles. The molecule has 3 nitrogen and oxygen atoms in total. The molecule has 24 heavy (non-hydrogen) atoms. The zero-order chi connectivity index (χ0) is 16.6. The molecule has 0 N–H and O–H groups in total. The van der Waals surface area contributed by atoms with E-state index in [2.05, 4.69) is 43.3 Å². The Hall–Kier alpha value is -1.61. The van der Waals surface area contributed by atoms with Gasteiger partial charge < -0.3 is 4.90 Å². The van der Waals surface area contributed by atoms with Crippen LogP contribution in [-0.2, 0) is 11.8 Å². The Morgan fingerprint density at radius 1 is 1.33 bits per heavy atom. The summed E-state index contributed by atoms with van der Waals surface area (Å²) < 4.78 is 1.91. The molecule has 3 fully saturated rings. The molecule has 2 aliphatic carbocycles. The molecular weight excluding hydrogens is 296 g/mol. The first-order valence-electron chi connectivity index (χ1n) is 9.42. The normalized spacial score (nSPS) is 34.5. The van der Waals surface area contributed by atoms with Gasteiger partial charge in [-0.25, -0.2) is 0 Å². The Bertz CT molecular complexity index is 843. The molecule has 0 amide bonds.